The molecule has 0 atom stereocenters. The Kier molecular flexibility index (Phi) is 14.3. The molecule has 0 unspecified atom stereocenters. The van der Waals surface area contributed by atoms with Crippen molar-refractivity contribution in [1.29, 1.82) is 0 Å². The van der Waals surface area contributed by atoms with E-state index in [1.165, 1.54) is 0 Å². The maximum absolute atomic E-state index is 16.0. The Morgan fingerprint density at radius 2 is 0.429 bits per heavy atom. The lowest BCUT2D eigenvalue weighted by atomic mass is 9.80. The molecular weight excluding hydrogens is 1420 g/mol. The van der Waals surface area contributed by atoms with Gasteiger partial charge in [-0.05, 0) is 164 Å². The van der Waals surface area contributed by atoms with Gasteiger partial charge in [0.1, 0.15) is 40.9 Å². The number of benzene rings is 8. The third-order valence-electron chi connectivity index (χ3n) is 15.2. The fourth-order valence-corrected chi connectivity index (χ4v) is 19.4. The van der Waals surface area contributed by atoms with Crippen molar-refractivity contribution in [2.75, 3.05) is 0 Å². The summed E-state index contributed by atoms with van der Waals surface area (Å²) in [6.07, 6.45) is 0. The van der Waals surface area contributed by atoms with Crippen molar-refractivity contribution in [2.45, 2.75) is 79.1 Å². The van der Waals surface area contributed by atoms with Crippen molar-refractivity contribution in [3.63, 3.8) is 0 Å². The second-order valence-electron chi connectivity index (χ2n) is 21.1. The minimum atomic E-state index is -4.97. The predicted molar refractivity (Wildman–Crippen MR) is 329 cm³/mol. The molecule has 0 spiro atoms. The van der Waals surface area contributed by atoms with E-state index in [1.54, 1.807) is 97.1 Å². The Labute approximate surface area is 517 Å². The van der Waals surface area contributed by atoms with Gasteiger partial charge >= 0.3 is 31.3 Å². The van der Waals surface area contributed by atoms with Crippen LogP contribution in [0.1, 0.15) is 118 Å². The van der Waals surface area contributed by atoms with Gasteiger partial charge in [-0.1, -0.05) is 98.5 Å². The van der Waals surface area contributed by atoms with Crippen LogP contribution in [-0.2, 0) is 18.3 Å². The third-order valence-corrected chi connectivity index (χ3v) is 23.1. The van der Waals surface area contributed by atoms with Crippen molar-refractivity contribution in [3.8, 4) is 69.0 Å². The number of hydrogen-bond acceptors (Lipinski definition) is 16. The van der Waals surface area contributed by atoms with Crippen LogP contribution < -0.4 is 54.3 Å². The van der Waals surface area contributed by atoms with Crippen LogP contribution in [0.15, 0.2) is 139 Å². The highest BCUT2D eigenvalue weighted by Gasteiger charge is 2.50. The van der Waals surface area contributed by atoms with Gasteiger partial charge in [0, 0.05) is 68.2 Å². The van der Waals surface area contributed by atoms with Crippen LogP contribution >= 0.6 is 95.0 Å². The molecule has 0 fully saturated rings. The number of phosphoric acid groups is 4. The molecule has 13 rings (SSSR count). The lowest BCUT2D eigenvalue weighted by Crippen LogP contribution is -2.21. The van der Waals surface area contributed by atoms with E-state index < -0.39 is 55.0 Å². The Balaban J connectivity index is 1.15. The number of phosphoric ester groups is 4. The molecule has 5 aliphatic rings. The first-order chi connectivity index (χ1) is 39.9. The van der Waals surface area contributed by atoms with E-state index >= 15 is 18.3 Å². The molecule has 4 aliphatic heterocycles. The van der Waals surface area contributed by atoms with Gasteiger partial charge in [0.25, 0.3) is 0 Å². The smallest absolute Gasteiger partial charge is 0.386 e. The normalized spacial score (nSPS) is 24.6. The second kappa shape index (κ2) is 21.0. The Bertz CT molecular complexity index is 3600. The van der Waals surface area contributed by atoms with Crippen molar-refractivity contribution in [1.82, 2.24) is 0 Å². The average molecular weight is 1470 g/mol. The van der Waals surface area contributed by atoms with Crippen LogP contribution in [0.25, 0.3) is 0 Å². The average Bonchev–Trinajstić information content (AvgIpc) is 1.06. The van der Waals surface area contributed by atoms with Gasteiger partial charge in [-0.25, -0.2) is 0 Å². The largest absolute Gasteiger partial charge is 0.647 e. The zero-order chi connectivity index (χ0) is 59.1. The molecule has 0 saturated carbocycles. The molecule has 84 heavy (non-hydrogen) atoms. The first-order valence-electron chi connectivity index (χ1n) is 26.3. The number of hydrogen-bond donors (Lipinski definition) is 0. The van der Waals surface area contributed by atoms with Gasteiger partial charge in [0.2, 0.25) is 0 Å². The summed E-state index contributed by atoms with van der Waals surface area (Å²) in [4.78, 5) is 0. The fourth-order valence-electron chi connectivity index (χ4n) is 10.6. The number of rotatable bonds is 8. The minimum Gasteiger partial charge on any atom is -0.386 e. The summed E-state index contributed by atoms with van der Waals surface area (Å²) < 4.78 is 143. The monoisotopic (exact) mass is 1460 g/mol. The van der Waals surface area contributed by atoms with E-state index in [-0.39, 0.29) is 86.9 Å². The summed E-state index contributed by atoms with van der Waals surface area (Å²) in [5, 5.41) is 0. The van der Waals surface area contributed by atoms with Gasteiger partial charge < -0.3 is 54.3 Å². The van der Waals surface area contributed by atoms with Crippen molar-refractivity contribution in [3.05, 3.63) is 206 Å². The molecule has 0 N–H and O–H groups in total. The van der Waals surface area contributed by atoms with E-state index in [1.807, 2.05) is 79.7 Å². The molecule has 24 heteroatoms. The fraction of sp³-hybridized carbons (Fsp3) is 0.200. The molecule has 432 valence electrons. The van der Waals surface area contributed by atoms with E-state index in [2.05, 4.69) is 63.7 Å². The third kappa shape index (κ3) is 10.1. The highest BCUT2D eigenvalue weighted by atomic mass is 79.9. The standard InChI is InChI=1S/C60H48Br4O16P4/c1-29-9-17-37(18-10-29)69-81(65)73-53-41-25-43-34(6)45-27-47-36(8)48-28-46-35(7)44-26-42(33(41)5)54(74-81)50(62)56(44)76-83(67,71-39-21-13-31(3)14-22-39)78-58(46)52(64)60(48)80-84(68,72-40-23-15-32(4)16-24-40)79-59(47)51(63)57(45)77-82(66,75-55(43)49(53)61)70-38-19-11-30(2)12-20-38/h9-28,33-36H,1-8H3. The molecule has 16 nitrogen and oxygen atoms in total. The van der Waals surface area contributed by atoms with Crippen LogP contribution in [-0.4, -0.2) is 0 Å². The summed E-state index contributed by atoms with van der Waals surface area (Å²) in [5.41, 5.74) is 7.18. The van der Waals surface area contributed by atoms with Crippen LogP contribution in [0, 0.1) is 27.7 Å². The SMILES string of the molecule is Cc1ccc(OP2(=O)Oc3c4cc5c(c3Br)OP(=O)(Oc3ccc(C)cc3)Oc3c(cc6c(c3Br)OP(=O)(Oc3ccc(C)cc3)Oc3c(cc7c(c3Br)OP(=O)(Oc3ccc(C)cc3)Oc3c(cc(c(c3Br)O2)C4C)C7C)C6C)C5C)cc1. The van der Waals surface area contributed by atoms with E-state index in [4.69, 9.17) is 54.3 Å². The molecule has 0 amide bonds. The van der Waals surface area contributed by atoms with E-state index in [0.29, 0.717) is 44.5 Å². The Morgan fingerprint density at radius 3 is 0.571 bits per heavy atom. The minimum absolute atomic E-state index is 0.0490. The predicted octanol–water partition coefficient (Wildman–Crippen LogP) is 20.7. The van der Waals surface area contributed by atoms with Crippen LogP contribution in [0.2, 0.25) is 0 Å². The molecule has 0 saturated heterocycles. The summed E-state index contributed by atoms with van der Waals surface area (Å²) in [5.74, 6) is -2.77. The highest BCUT2D eigenvalue weighted by Crippen LogP contribution is 2.69. The second-order valence-corrected chi connectivity index (χ2v) is 30.1. The molecule has 8 aromatic carbocycles. The summed E-state index contributed by atoms with van der Waals surface area (Å²) in [7, 11) is -19.9. The Hall–Kier alpha value is -5.80. The number of halogens is 4. The van der Waals surface area contributed by atoms with Crippen LogP contribution in [0.5, 0.6) is 69.0 Å². The lowest BCUT2D eigenvalue weighted by Gasteiger charge is -2.36. The number of aryl methyl sites for hydroxylation is 4. The van der Waals surface area contributed by atoms with Gasteiger partial charge in [-0.2, -0.15) is 18.3 Å². The maximum atomic E-state index is 16.0. The quantitative estimate of drug-likeness (QED) is 0.131. The molecule has 0 aromatic heterocycles. The first-order valence-corrected chi connectivity index (χ1v) is 35.4. The van der Waals surface area contributed by atoms with Crippen molar-refractivity contribution < 1.29 is 72.5 Å². The Morgan fingerprint density at radius 1 is 0.286 bits per heavy atom. The summed E-state index contributed by atoms with van der Waals surface area (Å²) in [6.45, 7) is 15.2. The van der Waals surface area contributed by atoms with Gasteiger partial charge in [0.15, 0.2) is 46.0 Å². The van der Waals surface area contributed by atoms with Crippen molar-refractivity contribution >= 4 is 95.0 Å². The highest BCUT2D eigenvalue weighted by molar-refractivity contribution is 9.11. The zero-order valence-electron chi connectivity index (χ0n) is 45.7. The van der Waals surface area contributed by atoms with Crippen molar-refractivity contribution in [2.24, 2.45) is 0 Å². The van der Waals surface area contributed by atoms with E-state index in [9.17, 15) is 0 Å². The lowest BCUT2D eigenvalue weighted by molar-refractivity contribution is 0.282. The van der Waals surface area contributed by atoms with Gasteiger partial charge in [-0.3, -0.25) is 0 Å². The van der Waals surface area contributed by atoms with E-state index in [0.717, 1.165) is 22.3 Å². The van der Waals surface area contributed by atoms with Gasteiger partial charge in [0.05, 0.1) is 0 Å². The molecule has 1 aliphatic carbocycles. The van der Waals surface area contributed by atoms with Gasteiger partial charge in [-0.15, -0.1) is 0 Å². The molecule has 8 bridgehead atoms. The summed E-state index contributed by atoms with van der Waals surface area (Å²) >= 11 is 15.2. The maximum Gasteiger partial charge on any atom is 0.647 e. The molecular formula is C60H48Br4O16P4. The van der Waals surface area contributed by atoms with Crippen LogP contribution in [0.4, 0.5) is 0 Å². The molecule has 0 radical (unpaired) electrons. The summed E-state index contributed by atoms with van der Waals surface area (Å²) in [6, 6.07) is 34.5. The topological polar surface area (TPSA) is 179 Å². The zero-order valence-corrected chi connectivity index (χ0v) is 55.6. The van der Waals surface area contributed by atoms with Crippen LogP contribution in [0.3, 0.4) is 0 Å². The molecule has 4 heterocycles. The molecule has 8 aromatic rings. The first kappa shape index (κ1) is 57.3.